The van der Waals surface area contributed by atoms with Crippen LogP contribution in [0.3, 0.4) is 0 Å². The van der Waals surface area contributed by atoms with Crippen LogP contribution >= 0.6 is 0 Å². The second-order valence-corrected chi connectivity index (χ2v) is 8.39. The normalized spacial score (nSPS) is 14.1. The van der Waals surface area contributed by atoms with Gasteiger partial charge in [0.1, 0.15) is 11.4 Å². The summed E-state index contributed by atoms with van der Waals surface area (Å²) < 4.78 is 6.48. The number of hydrogen-bond donors (Lipinski definition) is 0. The number of nitrogens with zero attached hydrogens (tertiary/aromatic N) is 5. The fourth-order valence-corrected chi connectivity index (χ4v) is 4.14. The molecule has 1 aliphatic rings. The molecule has 182 valence electrons. The van der Waals surface area contributed by atoms with Crippen LogP contribution in [-0.2, 0) is 6.42 Å². The van der Waals surface area contributed by atoms with Gasteiger partial charge >= 0.3 is 0 Å². The number of aryl methyl sites for hydroxylation is 1. The molecule has 0 aliphatic carbocycles. The molecule has 0 spiro atoms. The Kier molecular flexibility index (Phi) is 7.21. The number of ether oxygens (including phenoxy) is 1. The quantitative estimate of drug-likeness (QED) is 0.380. The summed E-state index contributed by atoms with van der Waals surface area (Å²) in [6.45, 7) is 4.81. The number of rotatable bonds is 7. The molecule has 0 saturated carbocycles. The van der Waals surface area contributed by atoms with Crippen LogP contribution in [0.25, 0.3) is 5.69 Å². The van der Waals surface area contributed by atoms with Crippen molar-refractivity contribution in [2.75, 3.05) is 39.8 Å². The maximum Gasteiger partial charge on any atom is 0.294 e. The number of aromatic nitrogens is 2. The van der Waals surface area contributed by atoms with Crippen molar-refractivity contribution in [3.63, 3.8) is 0 Å². The first-order valence-corrected chi connectivity index (χ1v) is 11.4. The molecule has 10 heteroatoms. The van der Waals surface area contributed by atoms with E-state index in [-0.39, 0.29) is 17.1 Å². The van der Waals surface area contributed by atoms with Crippen molar-refractivity contribution in [1.82, 2.24) is 19.6 Å². The summed E-state index contributed by atoms with van der Waals surface area (Å²) in [6, 6.07) is 15.4. The van der Waals surface area contributed by atoms with E-state index < -0.39 is 16.3 Å². The van der Waals surface area contributed by atoms with Crippen LogP contribution in [0, 0.1) is 17.0 Å². The number of nitro benzene ring substituents is 1. The van der Waals surface area contributed by atoms with Crippen LogP contribution in [0.15, 0.2) is 59.4 Å². The number of benzene rings is 2. The summed E-state index contributed by atoms with van der Waals surface area (Å²) in [7, 11) is 1.64. The summed E-state index contributed by atoms with van der Waals surface area (Å²) in [5, 5.41) is 15.7. The van der Waals surface area contributed by atoms with Crippen molar-refractivity contribution in [3.05, 3.63) is 91.9 Å². The smallest absolute Gasteiger partial charge is 0.294 e. The van der Waals surface area contributed by atoms with Gasteiger partial charge in [0.05, 0.1) is 12.0 Å². The third kappa shape index (κ3) is 5.38. The Morgan fingerprint density at radius 2 is 1.77 bits per heavy atom. The molecular weight excluding hydrogens is 450 g/mol. The molecule has 1 aliphatic heterocycles. The molecule has 1 aromatic heterocycles. The Hall–Kier alpha value is -4.05. The van der Waals surface area contributed by atoms with Crippen LogP contribution in [0.5, 0.6) is 5.75 Å². The lowest BCUT2D eigenvalue weighted by atomic mass is 10.1. The maximum absolute atomic E-state index is 13.2. The van der Waals surface area contributed by atoms with Crippen molar-refractivity contribution < 1.29 is 14.5 Å². The summed E-state index contributed by atoms with van der Waals surface area (Å²) in [5.74, 6) is 0.365. The van der Waals surface area contributed by atoms with Gasteiger partial charge < -0.3 is 9.64 Å². The number of carbonyl (C=O) groups excluding carboxylic acids is 1. The van der Waals surface area contributed by atoms with Crippen LogP contribution in [0.2, 0.25) is 0 Å². The molecule has 1 amide bonds. The zero-order valence-corrected chi connectivity index (χ0v) is 19.7. The first-order valence-electron chi connectivity index (χ1n) is 11.4. The average molecular weight is 478 g/mol. The lowest BCUT2D eigenvalue weighted by Crippen LogP contribution is -2.50. The summed E-state index contributed by atoms with van der Waals surface area (Å²) in [6.07, 6.45) is 0.887. The molecule has 2 heterocycles. The lowest BCUT2D eigenvalue weighted by Gasteiger charge is -2.34. The van der Waals surface area contributed by atoms with Gasteiger partial charge in [-0.1, -0.05) is 24.3 Å². The molecule has 0 radical (unpaired) electrons. The molecule has 4 rings (SSSR count). The summed E-state index contributed by atoms with van der Waals surface area (Å²) in [5.41, 5.74) is 0.931. The predicted octanol–water partition coefficient (Wildman–Crippen LogP) is 2.46. The van der Waals surface area contributed by atoms with E-state index in [9.17, 15) is 19.7 Å². The van der Waals surface area contributed by atoms with E-state index in [2.05, 4.69) is 10.00 Å². The summed E-state index contributed by atoms with van der Waals surface area (Å²) in [4.78, 5) is 40.6. The lowest BCUT2D eigenvalue weighted by molar-refractivity contribution is -0.384. The van der Waals surface area contributed by atoms with Crippen LogP contribution < -0.4 is 10.2 Å². The van der Waals surface area contributed by atoms with Crippen molar-refractivity contribution in [1.29, 1.82) is 0 Å². The molecule has 0 unspecified atom stereocenters. The highest BCUT2D eigenvalue weighted by Crippen LogP contribution is 2.22. The van der Waals surface area contributed by atoms with Crippen molar-refractivity contribution >= 4 is 11.6 Å². The van der Waals surface area contributed by atoms with Gasteiger partial charge in [-0.3, -0.25) is 24.6 Å². The van der Waals surface area contributed by atoms with Gasteiger partial charge in [-0.15, -0.1) is 0 Å². The zero-order valence-electron chi connectivity index (χ0n) is 19.7. The minimum absolute atomic E-state index is 0.157. The molecule has 10 nitrogen and oxygen atoms in total. The highest BCUT2D eigenvalue weighted by Gasteiger charge is 2.26. The molecule has 0 atom stereocenters. The van der Waals surface area contributed by atoms with E-state index in [1.54, 1.807) is 37.1 Å². The standard InChI is InChI=1S/C25H27N5O5/c1-18-17-23(31)24(26-29(18)21-5-3-4-6-22(21)30(33)34)25(32)28-15-13-27(14-16-28)12-11-19-7-9-20(35-2)10-8-19/h3-10,17H,11-16H2,1-2H3. The molecule has 35 heavy (non-hydrogen) atoms. The van der Waals surface area contributed by atoms with Gasteiger partial charge in [0, 0.05) is 50.6 Å². The summed E-state index contributed by atoms with van der Waals surface area (Å²) >= 11 is 0. The van der Waals surface area contributed by atoms with Gasteiger partial charge in [0.15, 0.2) is 5.69 Å². The number of hydrogen-bond acceptors (Lipinski definition) is 7. The van der Waals surface area contributed by atoms with Gasteiger partial charge in [0.2, 0.25) is 5.43 Å². The third-order valence-corrected chi connectivity index (χ3v) is 6.15. The van der Waals surface area contributed by atoms with Gasteiger partial charge in [0.25, 0.3) is 11.6 Å². The van der Waals surface area contributed by atoms with Crippen molar-refractivity contribution in [3.8, 4) is 11.4 Å². The van der Waals surface area contributed by atoms with Gasteiger partial charge in [-0.25, -0.2) is 4.68 Å². The Balaban J connectivity index is 1.44. The van der Waals surface area contributed by atoms with E-state index in [1.807, 2.05) is 24.3 Å². The largest absolute Gasteiger partial charge is 0.497 e. The van der Waals surface area contributed by atoms with Crippen LogP contribution in [0.4, 0.5) is 5.69 Å². The Morgan fingerprint density at radius 1 is 1.09 bits per heavy atom. The van der Waals surface area contributed by atoms with Crippen molar-refractivity contribution in [2.24, 2.45) is 0 Å². The Morgan fingerprint density at radius 3 is 2.43 bits per heavy atom. The first-order chi connectivity index (χ1) is 16.9. The minimum atomic E-state index is -0.513. The number of nitro groups is 1. The Labute approximate surface area is 202 Å². The number of piperazine rings is 1. The molecule has 1 saturated heterocycles. The fraction of sp³-hybridized carbons (Fsp3) is 0.320. The number of methoxy groups -OCH3 is 1. The second-order valence-electron chi connectivity index (χ2n) is 8.39. The first kappa shape index (κ1) is 24.1. The van der Waals surface area contributed by atoms with E-state index in [1.165, 1.54) is 22.4 Å². The van der Waals surface area contributed by atoms with Gasteiger partial charge in [-0.2, -0.15) is 5.10 Å². The van der Waals surface area contributed by atoms with Gasteiger partial charge in [-0.05, 0) is 37.1 Å². The molecule has 2 aromatic carbocycles. The van der Waals surface area contributed by atoms with Crippen molar-refractivity contribution in [2.45, 2.75) is 13.3 Å². The maximum atomic E-state index is 13.2. The monoisotopic (exact) mass is 477 g/mol. The molecule has 3 aromatic rings. The van der Waals surface area contributed by atoms with E-state index in [0.29, 0.717) is 31.9 Å². The number of amides is 1. The second kappa shape index (κ2) is 10.5. The average Bonchev–Trinajstić information content (AvgIpc) is 2.88. The molecular formula is C25H27N5O5. The van der Waals surface area contributed by atoms with E-state index in [4.69, 9.17) is 4.74 Å². The zero-order chi connectivity index (χ0) is 24.9. The number of para-hydroxylation sites is 2. The molecule has 1 fully saturated rings. The van der Waals surface area contributed by atoms with E-state index in [0.717, 1.165) is 18.7 Å². The fourth-order valence-electron chi connectivity index (χ4n) is 4.14. The van der Waals surface area contributed by atoms with Crippen LogP contribution in [0.1, 0.15) is 21.7 Å². The third-order valence-electron chi connectivity index (χ3n) is 6.15. The molecule has 0 N–H and O–H groups in total. The highest BCUT2D eigenvalue weighted by atomic mass is 16.6. The Bertz CT molecular complexity index is 1280. The molecule has 0 bridgehead atoms. The predicted molar refractivity (Wildman–Crippen MR) is 130 cm³/mol. The minimum Gasteiger partial charge on any atom is -0.497 e. The highest BCUT2D eigenvalue weighted by molar-refractivity contribution is 5.92. The topological polar surface area (TPSA) is 111 Å². The van der Waals surface area contributed by atoms with E-state index >= 15 is 0 Å². The number of carbonyl (C=O) groups is 1. The van der Waals surface area contributed by atoms with Crippen LogP contribution in [-0.4, -0.2) is 70.2 Å². The SMILES string of the molecule is COc1ccc(CCN2CCN(C(=O)c3nn(-c4ccccc4[N+](=O)[O-])c(C)cc3=O)CC2)cc1.